The average molecular weight is 313 g/mol. The molecule has 2 rings (SSSR count). The Bertz CT molecular complexity index is 504. The van der Waals surface area contributed by atoms with Crippen LogP contribution in [0.4, 0.5) is 0 Å². The minimum atomic E-state index is 0.803. The summed E-state index contributed by atoms with van der Waals surface area (Å²) < 4.78 is 0. The Morgan fingerprint density at radius 2 is 0.778 bits per heavy atom. The summed E-state index contributed by atoms with van der Waals surface area (Å²) in [4.78, 5) is 3.34. The standard InChI is InChI=1S/C14H16S4/c1-5-6(2)8(4)9(7(5)3)10-11(15)13(17)14(18)12(10)16/h15-18H,1-4H3. The van der Waals surface area contributed by atoms with E-state index in [1.54, 1.807) is 0 Å². The lowest BCUT2D eigenvalue weighted by atomic mass is 9.98. The molecule has 0 atom stereocenters. The number of hydrogen-bond donors (Lipinski definition) is 4. The van der Waals surface area contributed by atoms with E-state index < -0.39 is 0 Å². The van der Waals surface area contributed by atoms with Gasteiger partial charge in [-0.25, -0.2) is 0 Å². The Labute approximate surface area is 131 Å². The number of rotatable bonds is 0. The molecule has 0 unspecified atom stereocenters. The molecule has 96 valence electrons. The summed E-state index contributed by atoms with van der Waals surface area (Å²) in [5.74, 6) is 0. The van der Waals surface area contributed by atoms with Crippen molar-refractivity contribution in [2.24, 2.45) is 0 Å². The highest BCUT2D eigenvalue weighted by Crippen LogP contribution is 2.50. The van der Waals surface area contributed by atoms with Gasteiger partial charge in [-0.05, 0) is 55.6 Å². The maximum absolute atomic E-state index is 4.58. The second-order valence-corrected chi connectivity index (χ2v) is 6.43. The lowest BCUT2D eigenvalue weighted by Gasteiger charge is -2.11. The summed E-state index contributed by atoms with van der Waals surface area (Å²) >= 11 is 18.1. The van der Waals surface area contributed by atoms with Crippen LogP contribution in [-0.2, 0) is 0 Å². The van der Waals surface area contributed by atoms with Crippen molar-refractivity contribution in [1.82, 2.24) is 0 Å². The van der Waals surface area contributed by atoms with Crippen LogP contribution in [0.15, 0.2) is 53.1 Å². The molecule has 0 saturated heterocycles. The maximum Gasteiger partial charge on any atom is 0.0326 e. The number of allylic oxidation sites excluding steroid dienone is 7. The predicted molar refractivity (Wildman–Crippen MR) is 93.8 cm³/mol. The highest BCUT2D eigenvalue weighted by Gasteiger charge is 2.29. The molecule has 0 spiro atoms. The zero-order chi connectivity index (χ0) is 13.8. The molecule has 0 aromatic carbocycles. The molecule has 0 N–H and O–H groups in total. The third kappa shape index (κ3) is 1.89. The van der Waals surface area contributed by atoms with Crippen molar-refractivity contribution in [3.63, 3.8) is 0 Å². The van der Waals surface area contributed by atoms with Crippen molar-refractivity contribution >= 4 is 50.5 Å². The molecule has 0 radical (unpaired) electrons. The second kappa shape index (κ2) is 4.89. The summed E-state index contributed by atoms with van der Waals surface area (Å²) in [5.41, 5.74) is 7.55. The van der Waals surface area contributed by atoms with Crippen molar-refractivity contribution in [2.45, 2.75) is 27.7 Å². The van der Waals surface area contributed by atoms with Crippen LogP contribution in [0.2, 0.25) is 0 Å². The molecule has 0 aromatic heterocycles. The molecule has 0 nitrogen and oxygen atoms in total. The molecule has 2 aliphatic carbocycles. The summed E-state index contributed by atoms with van der Waals surface area (Å²) in [6, 6.07) is 0. The van der Waals surface area contributed by atoms with E-state index in [1.165, 1.54) is 27.9 Å². The average Bonchev–Trinajstić information content (AvgIpc) is 2.64. The second-order valence-electron chi connectivity index (χ2n) is 4.64. The first-order chi connectivity index (χ1) is 8.29. The molecule has 0 heterocycles. The largest absolute Gasteiger partial charge is 0.142 e. The van der Waals surface area contributed by atoms with Crippen LogP contribution in [0.5, 0.6) is 0 Å². The fourth-order valence-corrected chi connectivity index (χ4v) is 3.79. The minimum absolute atomic E-state index is 0.803. The Hall–Kier alpha value is 0.1000. The molecule has 0 saturated carbocycles. The van der Waals surface area contributed by atoms with E-state index >= 15 is 0 Å². The Morgan fingerprint density at radius 3 is 1.11 bits per heavy atom. The van der Waals surface area contributed by atoms with Gasteiger partial charge in [0, 0.05) is 25.2 Å². The van der Waals surface area contributed by atoms with Gasteiger partial charge in [0.15, 0.2) is 0 Å². The van der Waals surface area contributed by atoms with Gasteiger partial charge in [-0.1, -0.05) is 0 Å². The van der Waals surface area contributed by atoms with E-state index in [0.717, 1.165) is 25.2 Å². The van der Waals surface area contributed by atoms with Gasteiger partial charge in [0.2, 0.25) is 0 Å². The SMILES string of the molecule is CC1=C(C)C(=C2C(S)=C(S)C(S)=C2S)C(C)=C1C. The first-order valence-corrected chi connectivity index (χ1v) is 7.43. The first kappa shape index (κ1) is 14.5. The quantitative estimate of drug-likeness (QED) is 0.438. The van der Waals surface area contributed by atoms with E-state index in [-0.39, 0.29) is 0 Å². The Morgan fingerprint density at radius 1 is 0.444 bits per heavy atom. The van der Waals surface area contributed by atoms with Crippen molar-refractivity contribution in [3.05, 3.63) is 53.1 Å². The number of hydrogen-bond acceptors (Lipinski definition) is 4. The topological polar surface area (TPSA) is 0 Å². The van der Waals surface area contributed by atoms with Crippen LogP contribution in [0.3, 0.4) is 0 Å². The van der Waals surface area contributed by atoms with Crippen LogP contribution >= 0.6 is 50.5 Å². The molecule has 2 aliphatic rings. The van der Waals surface area contributed by atoms with Gasteiger partial charge in [-0.2, -0.15) is 0 Å². The summed E-state index contributed by atoms with van der Waals surface area (Å²) in [7, 11) is 0. The van der Waals surface area contributed by atoms with Gasteiger partial charge in [0.25, 0.3) is 0 Å². The van der Waals surface area contributed by atoms with Crippen LogP contribution in [0.1, 0.15) is 27.7 Å². The predicted octanol–water partition coefficient (Wildman–Crippen LogP) is 5.13. The van der Waals surface area contributed by atoms with E-state index in [1.807, 2.05) is 0 Å². The molecule has 0 amide bonds. The Balaban J connectivity index is 2.82. The van der Waals surface area contributed by atoms with Crippen LogP contribution < -0.4 is 0 Å². The van der Waals surface area contributed by atoms with E-state index in [9.17, 15) is 0 Å². The molecule has 0 aromatic rings. The summed E-state index contributed by atoms with van der Waals surface area (Å²) in [6.45, 7) is 8.61. The fraction of sp³-hybridized carbons (Fsp3) is 0.286. The van der Waals surface area contributed by atoms with Crippen molar-refractivity contribution in [3.8, 4) is 0 Å². The minimum Gasteiger partial charge on any atom is -0.142 e. The lowest BCUT2D eigenvalue weighted by molar-refractivity contribution is 1.31. The van der Waals surface area contributed by atoms with Gasteiger partial charge in [0.1, 0.15) is 0 Å². The molecular formula is C14H16S4. The van der Waals surface area contributed by atoms with Crippen LogP contribution in [-0.4, -0.2) is 0 Å². The molecular weight excluding hydrogens is 296 g/mol. The highest BCUT2D eigenvalue weighted by molar-refractivity contribution is 7.94. The molecule has 0 bridgehead atoms. The van der Waals surface area contributed by atoms with Crippen LogP contribution in [0.25, 0.3) is 0 Å². The zero-order valence-corrected chi connectivity index (χ0v) is 14.4. The van der Waals surface area contributed by atoms with Gasteiger partial charge in [0.05, 0.1) is 0 Å². The van der Waals surface area contributed by atoms with Gasteiger partial charge < -0.3 is 0 Å². The van der Waals surface area contributed by atoms with Crippen molar-refractivity contribution in [2.75, 3.05) is 0 Å². The summed E-state index contributed by atoms with van der Waals surface area (Å²) in [6.07, 6.45) is 0. The monoisotopic (exact) mass is 312 g/mol. The first-order valence-electron chi connectivity index (χ1n) is 5.64. The summed E-state index contributed by atoms with van der Waals surface area (Å²) in [5, 5.41) is 0. The number of thiol groups is 4. The molecule has 0 aliphatic heterocycles. The Kier molecular flexibility index (Phi) is 3.94. The maximum atomic E-state index is 4.58. The smallest absolute Gasteiger partial charge is 0.0326 e. The highest BCUT2D eigenvalue weighted by atomic mass is 32.1. The fourth-order valence-electron chi connectivity index (χ4n) is 2.40. The lowest BCUT2D eigenvalue weighted by Crippen LogP contribution is -1.93. The third-order valence-electron chi connectivity index (χ3n) is 3.83. The van der Waals surface area contributed by atoms with Crippen LogP contribution in [0, 0.1) is 0 Å². The molecule has 18 heavy (non-hydrogen) atoms. The third-order valence-corrected chi connectivity index (χ3v) is 6.15. The van der Waals surface area contributed by atoms with E-state index in [0.29, 0.717) is 0 Å². The van der Waals surface area contributed by atoms with E-state index in [4.69, 9.17) is 0 Å². The molecule has 4 heteroatoms. The normalized spacial score (nSPS) is 21.3. The van der Waals surface area contributed by atoms with Gasteiger partial charge in [-0.3, -0.25) is 0 Å². The molecule has 0 fully saturated rings. The van der Waals surface area contributed by atoms with Crippen molar-refractivity contribution < 1.29 is 0 Å². The van der Waals surface area contributed by atoms with Crippen molar-refractivity contribution in [1.29, 1.82) is 0 Å². The van der Waals surface area contributed by atoms with E-state index in [2.05, 4.69) is 78.2 Å². The zero-order valence-electron chi connectivity index (χ0n) is 10.8. The van der Waals surface area contributed by atoms with Gasteiger partial charge in [-0.15, -0.1) is 50.5 Å². The van der Waals surface area contributed by atoms with Gasteiger partial charge >= 0.3 is 0 Å².